The minimum atomic E-state index is -3.64. The maximum absolute atomic E-state index is 12.2. The zero-order valence-corrected chi connectivity index (χ0v) is 12.0. The molecule has 0 spiro atoms. The smallest absolute Gasteiger partial charge is 0.243 e. The molecule has 3 N–H and O–H groups in total. The summed E-state index contributed by atoms with van der Waals surface area (Å²) in [5.74, 6) is 0. The van der Waals surface area contributed by atoms with Crippen molar-refractivity contribution in [2.45, 2.75) is 37.6 Å². The summed E-state index contributed by atoms with van der Waals surface area (Å²) in [5.41, 5.74) is 5.61. The summed E-state index contributed by atoms with van der Waals surface area (Å²) < 4.78 is 27.1. The van der Waals surface area contributed by atoms with E-state index in [0.717, 1.165) is 12.8 Å². The monoisotopic (exact) mass is 287 g/mol. The van der Waals surface area contributed by atoms with Crippen molar-refractivity contribution >= 4 is 27.2 Å². The highest BCUT2D eigenvalue weighted by Crippen LogP contribution is 2.14. The first-order chi connectivity index (χ1) is 8.42. The molecule has 0 amide bonds. The van der Waals surface area contributed by atoms with Crippen molar-refractivity contribution in [3.63, 3.8) is 0 Å². The normalized spacial score (nSPS) is 11.7. The van der Waals surface area contributed by atoms with Crippen molar-refractivity contribution in [3.8, 4) is 0 Å². The van der Waals surface area contributed by atoms with Crippen LogP contribution in [0.3, 0.4) is 0 Å². The summed E-state index contributed by atoms with van der Waals surface area (Å²) in [6, 6.07) is 2.89. The molecule has 0 aromatic carbocycles. The van der Waals surface area contributed by atoms with Crippen molar-refractivity contribution in [1.29, 1.82) is 0 Å². The lowest BCUT2D eigenvalue weighted by molar-refractivity contribution is 0.530. The Labute approximate surface area is 113 Å². The van der Waals surface area contributed by atoms with Gasteiger partial charge in [0.1, 0.15) is 15.6 Å². The predicted octanol–water partition coefficient (Wildman–Crippen LogP) is 1.18. The van der Waals surface area contributed by atoms with Gasteiger partial charge in [-0.15, -0.1) is 0 Å². The molecular formula is C11H17N3O2S2. The number of hydrogen-bond donors (Lipinski definition) is 2. The zero-order chi connectivity index (χ0) is 13.8. The van der Waals surface area contributed by atoms with Crippen LogP contribution in [-0.4, -0.2) is 24.4 Å². The number of thiocarbonyl (C=S) groups is 1. The van der Waals surface area contributed by atoms with Gasteiger partial charge in [-0.3, -0.25) is 4.98 Å². The fourth-order valence-electron chi connectivity index (χ4n) is 1.53. The van der Waals surface area contributed by atoms with E-state index in [-0.39, 0.29) is 21.6 Å². The van der Waals surface area contributed by atoms with Crippen LogP contribution in [-0.2, 0) is 10.0 Å². The zero-order valence-electron chi connectivity index (χ0n) is 10.4. The Hall–Kier alpha value is -1.05. The second-order valence-electron chi connectivity index (χ2n) is 3.85. The molecule has 0 saturated heterocycles. The Bertz CT molecular complexity index is 525. The van der Waals surface area contributed by atoms with Crippen LogP contribution in [0.2, 0.25) is 0 Å². The molecule has 0 saturated carbocycles. The van der Waals surface area contributed by atoms with Gasteiger partial charge in [0.2, 0.25) is 10.0 Å². The first-order valence-corrected chi connectivity index (χ1v) is 7.58. The SMILES string of the molecule is CCC(CC)NS(=O)(=O)c1cccnc1C(N)=S. The van der Waals surface area contributed by atoms with E-state index in [9.17, 15) is 8.42 Å². The Morgan fingerprint density at radius 1 is 1.50 bits per heavy atom. The molecule has 7 heteroatoms. The molecule has 100 valence electrons. The molecule has 0 aliphatic carbocycles. The van der Waals surface area contributed by atoms with Gasteiger partial charge in [0.05, 0.1) is 0 Å². The number of nitrogens with one attached hydrogen (secondary N) is 1. The van der Waals surface area contributed by atoms with Crippen molar-refractivity contribution < 1.29 is 8.42 Å². The molecule has 18 heavy (non-hydrogen) atoms. The van der Waals surface area contributed by atoms with Crippen LogP contribution in [0, 0.1) is 0 Å². The third kappa shape index (κ3) is 3.47. The Morgan fingerprint density at radius 2 is 2.11 bits per heavy atom. The van der Waals surface area contributed by atoms with Gasteiger partial charge in [-0.05, 0) is 25.0 Å². The summed E-state index contributed by atoms with van der Waals surface area (Å²) in [7, 11) is -3.64. The van der Waals surface area contributed by atoms with Gasteiger partial charge >= 0.3 is 0 Å². The highest BCUT2D eigenvalue weighted by atomic mass is 32.2. The van der Waals surface area contributed by atoms with Crippen molar-refractivity contribution in [2.24, 2.45) is 5.73 Å². The van der Waals surface area contributed by atoms with Crippen molar-refractivity contribution in [2.75, 3.05) is 0 Å². The third-order valence-corrected chi connectivity index (χ3v) is 4.35. The molecule has 1 aromatic heterocycles. The molecule has 1 heterocycles. The standard InChI is InChI=1S/C11H17N3O2S2/c1-3-8(4-2)14-18(15,16)9-6-5-7-13-10(9)11(12)17/h5-8,14H,3-4H2,1-2H3,(H2,12,17). The minimum absolute atomic E-state index is 0.0273. The van der Waals surface area contributed by atoms with E-state index >= 15 is 0 Å². The molecule has 1 aromatic rings. The molecule has 0 aliphatic heterocycles. The van der Waals surface area contributed by atoms with Crippen LogP contribution >= 0.6 is 12.2 Å². The highest BCUT2D eigenvalue weighted by Gasteiger charge is 2.22. The van der Waals surface area contributed by atoms with Gasteiger partial charge < -0.3 is 5.73 Å². The average Bonchev–Trinajstić information content (AvgIpc) is 2.36. The molecule has 1 rings (SSSR count). The summed E-state index contributed by atoms with van der Waals surface area (Å²) in [4.78, 5) is 3.92. The predicted molar refractivity (Wildman–Crippen MR) is 74.8 cm³/mol. The van der Waals surface area contributed by atoms with Gasteiger partial charge in [-0.1, -0.05) is 26.1 Å². The summed E-state index contributed by atoms with van der Waals surface area (Å²) in [6.45, 7) is 3.85. The van der Waals surface area contributed by atoms with E-state index in [0.29, 0.717) is 0 Å². The Balaban J connectivity index is 3.16. The lowest BCUT2D eigenvalue weighted by Crippen LogP contribution is -2.35. The van der Waals surface area contributed by atoms with Gasteiger partial charge in [0, 0.05) is 12.2 Å². The van der Waals surface area contributed by atoms with Crippen molar-refractivity contribution in [1.82, 2.24) is 9.71 Å². The summed E-state index contributed by atoms with van der Waals surface area (Å²) in [6.07, 6.45) is 2.90. The van der Waals surface area contributed by atoms with Crippen LogP contribution in [0.5, 0.6) is 0 Å². The van der Waals surface area contributed by atoms with Crippen LogP contribution in [0.15, 0.2) is 23.2 Å². The van der Waals surface area contributed by atoms with E-state index in [4.69, 9.17) is 18.0 Å². The van der Waals surface area contributed by atoms with Crippen LogP contribution in [0.25, 0.3) is 0 Å². The van der Waals surface area contributed by atoms with Crippen LogP contribution in [0.1, 0.15) is 32.4 Å². The molecule has 0 unspecified atom stereocenters. The quantitative estimate of drug-likeness (QED) is 0.768. The number of sulfonamides is 1. The second-order valence-corrected chi connectivity index (χ2v) is 5.97. The largest absolute Gasteiger partial charge is 0.388 e. The summed E-state index contributed by atoms with van der Waals surface area (Å²) >= 11 is 4.81. The Morgan fingerprint density at radius 3 is 2.61 bits per heavy atom. The molecule has 0 radical (unpaired) electrons. The van der Waals surface area contributed by atoms with Crippen molar-refractivity contribution in [3.05, 3.63) is 24.0 Å². The molecule has 0 atom stereocenters. The lowest BCUT2D eigenvalue weighted by atomic mass is 10.2. The molecule has 0 aliphatic rings. The summed E-state index contributed by atoms with van der Waals surface area (Å²) in [5, 5.41) is 0. The van der Waals surface area contributed by atoms with Gasteiger partial charge in [-0.25, -0.2) is 13.1 Å². The van der Waals surface area contributed by atoms with E-state index in [1.54, 1.807) is 6.07 Å². The number of nitrogens with two attached hydrogens (primary N) is 1. The molecule has 0 bridgehead atoms. The van der Waals surface area contributed by atoms with E-state index in [2.05, 4.69) is 9.71 Å². The number of pyridine rings is 1. The number of rotatable bonds is 6. The maximum Gasteiger partial charge on any atom is 0.243 e. The van der Waals surface area contributed by atoms with Gasteiger partial charge in [-0.2, -0.15) is 0 Å². The van der Waals surface area contributed by atoms with Crippen LogP contribution in [0.4, 0.5) is 0 Å². The van der Waals surface area contributed by atoms with Gasteiger partial charge in [0.25, 0.3) is 0 Å². The topological polar surface area (TPSA) is 85.1 Å². The van der Waals surface area contributed by atoms with E-state index in [1.807, 2.05) is 13.8 Å². The first-order valence-electron chi connectivity index (χ1n) is 5.69. The second kappa shape index (κ2) is 6.21. The Kier molecular flexibility index (Phi) is 5.18. The maximum atomic E-state index is 12.2. The third-order valence-electron chi connectivity index (χ3n) is 2.60. The molecule has 0 fully saturated rings. The first kappa shape index (κ1) is 15.0. The van der Waals surface area contributed by atoms with Gasteiger partial charge in [0.15, 0.2) is 0 Å². The van der Waals surface area contributed by atoms with E-state index in [1.165, 1.54) is 12.3 Å². The fourth-order valence-corrected chi connectivity index (χ4v) is 3.33. The minimum Gasteiger partial charge on any atom is -0.388 e. The fraction of sp³-hybridized carbons (Fsp3) is 0.455. The lowest BCUT2D eigenvalue weighted by Gasteiger charge is -2.16. The number of aromatic nitrogens is 1. The molecule has 5 nitrogen and oxygen atoms in total. The molecular weight excluding hydrogens is 270 g/mol. The number of nitrogens with zero attached hydrogens (tertiary/aromatic N) is 1. The highest BCUT2D eigenvalue weighted by molar-refractivity contribution is 7.89. The van der Waals surface area contributed by atoms with Crippen LogP contribution < -0.4 is 10.5 Å². The van der Waals surface area contributed by atoms with E-state index < -0.39 is 10.0 Å². The number of hydrogen-bond acceptors (Lipinski definition) is 4. The average molecular weight is 287 g/mol.